The van der Waals surface area contributed by atoms with E-state index in [4.69, 9.17) is 4.74 Å². The molecule has 2 N–H and O–H groups in total. The zero-order valence-corrected chi connectivity index (χ0v) is 11.4. The van der Waals surface area contributed by atoms with Crippen LogP contribution in [0.4, 0.5) is 11.6 Å². The molecule has 0 bridgehead atoms. The first-order valence-electron chi connectivity index (χ1n) is 6.56. The SMILES string of the molecule is CNc1cc(NC(C)C2CCOCC2)nc(C)n1. The Labute approximate surface area is 108 Å². The molecular formula is C13H22N4O. The van der Waals surface area contributed by atoms with Gasteiger partial charge in [-0.15, -0.1) is 0 Å². The third kappa shape index (κ3) is 3.32. The zero-order chi connectivity index (χ0) is 13.0. The van der Waals surface area contributed by atoms with Gasteiger partial charge in [-0.05, 0) is 32.6 Å². The highest BCUT2D eigenvalue weighted by molar-refractivity contribution is 5.47. The number of ether oxygens (including phenoxy) is 1. The number of nitrogens with one attached hydrogen (secondary N) is 2. The number of hydrogen-bond acceptors (Lipinski definition) is 5. The van der Waals surface area contributed by atoms with Gasteiger partial charge in [-0.1, -0.05) is 0 Å². The molecule has 1 aromatic rings. The number of hydrogen-bond donors (Lipinski definition) is 2. The molecule has 1 aromatic heterocycles. The van der Waals surface area contributed by atoms with Crippen LogP contribution >= 0.6 is 0 Å². The molecule has 1 aliphatic rings. The van der Waals surface area contributed by atoms with Crippen molar-refractivity contribution in [3.8, 4) is 0 Å². The van der Waals surface area contributed by atoms with Crippen molar-refractivity contribution in [3.05, 3.63) is 11.9 Å². The van der Waals surface area contributed by atoms with E-state index in [2.05, 4.69) is 27.5 Å². The second-order valence-corrected chi connectivity index (χ2v) is 4.82. The summed E-state index contributed by atoms with van der Waals surface area (Å²) >= 11 is 0. The van der Waals surface area contributed by atoms with Gasteiger partial charge in [0.2, 0.25) is 0 Å². The van der Waals surface area contributed by atoms with Gasteiger partial charge in [0.25, 0.3) is 0 Å². The molecule has 0 saturated carbocycles. The normalized spacial score (nSPS) is 18.4. The van der Waals surface area contributed by atoms with Crippen LogP contribution in [0.5, 0.6) is 0 Å². The van der Waals surface area contributed by atoms with Crippen molar-refractivity contribution in [2.45, 2.75) is 32.7 Å². The van der Waals surface area contributed by atoms with E-state index in [1.807, 2.05) is 20.0 Å². The summed E-state index contributed by atoms with van der Waals surface area (Å²) in [5, 5.41) is 6.53. The lowest BCUT2D eigenvalue weighted by atomic mass is 9.93. The summed E-state index contributed by atoms with van der Waals surface area (Å²) in [6.07, 6.45) is 2.24. The third-order valence-corrected chi connectivity index (χ3v) is 3.44. The van der Waals surface area contributed by atoms with Crippen LogP contribution in [0.2, 0.25) is 0 Å². The molecule has 1 unspecified atom stereocenters. The van der Waals surface area contributed by atoms with Crippen molar-refractivity contribution in [3.63, 3.8) is 0 Å². The quantitative estimate of drug-likeness (QED) is 0.856. The van der Waals surface area contributed by atoms with Crippen molar-refractivity contribution in [1.82, 2.24) is 9.97 Å². The summed E-state index contributed by atoms with van der Waals surface area (Å²) in [6.45, 7) is 5.88. The van der Waals surface area contributed by atoms with Crippen molar-refractivity contribution in [2.24, 2.45) is 5.92 Å². The molecule has 0 aliphatic carbocycles. The van der Waals surface area contributed by atoms with Gasteiger partial charge in [0.05, 0.1) is 0 Å². The molecule has 18 heavy (non-hydrogen) atoms. The van der Waals surface area contributed by atoms with Crippen LogP contribution in [-0.4, -0.2) is 36.3 Å². The average Bonchev–Trinajstić information content (AvgIpc) is 2.39. The molecule has 1 atom stereocenters. The van der Waals surface area contributed by atoms with Gasteiger partial charge in [0.15, 0.2) is 0 Å². The van der Waals surface area contributed by atoms with E-state index in [0.717, 1.165) is 43.5 Å². The predicted molar refractivity (Wildman–Crippen MR) is 72.9 cm³/mol. The van der Waals surface area contributed by atoms with E-state index in [1.54, 1.807) is 0 Å². The molecule has 1 saturated heterocycles. The van der Waals surface area contributed by atoms with E-state index < -0.39 is 0 Å². The fraction of sp³-hybridized carbons (Fsp3) is 0.692. The molecule has 2 heterocycles. The number of rotatable bonds is 4. The molecule has 5 nitrogen and oxygen atoms in total. The maximum Gasteiger partial charge on any atom is 0.132 e. The maximum atomic E-state index is 5.39. The molecule has 2 rings (SSSR count). The highest BCUT2D eigenvalue weighted by Gasteiger charge is 2.20. The average molecular weight is 250 g/mol. The van der Waals surface area contributed by atoms with Crippen LogP contribution in [0, 0.1) is 12.8 Å². The van der Waals surface area contributed by atoms with E-state index in [9.17, 15) is 0 Å². The molecule has 0 radical (unpaired) electrons. The first-order valence-corrected chi connectivity index (χ1v) is 6.56. The van der Waals surface area contributed by atoms with Crippen LogP contribution in [-0.2, 0) is 4.74 Å². The third-order valence-electron chi connectivity index (χ3n) is 3.44. The lowest BCUT2D eigenvalue weighted by Gasteiger charge is -2.28. The molecule has 0 spiro atoms. The molecule has 1 aliphatic heterocycles. The highest BCUT2D eigenvalue weighted by atomic mass is 16.5. The highest BCUT2D eigenvalue weighted by Crippen LogP contribution is 2.21. The Bertz CT molecular complexity index is 391. The number of anilines is 2. The maximum absolute atomic E-state index is 5.39. The topological polar surface area (TPSA) is 59.1 Å². The van der Waals surface area contributed by atoms with Crippen LogP contribution in [0.3, 0.4) is 0 Å². The minimum absolute atomic E-state index is 0.410. The van der Waals surface area contributed by atoms with Crippen molar-refractivity contribution in [1.29, 1.82) is 0 Å². The van der Waals surface area contributed by atoms with Crippen molar-refractivity contribution < 1.29 is 4.74 Å². The molecule has 5 heteroatoms. The molecule has 0 aromatic carbocycles. The molecule has 1 fully saturated rings. The summed E-state index contributed by atoms with van der Waals surface area (Å²) in [4.78, 5) is 8.71. The Balaban J connectivity index is 2.01. The second kappa shape index (κ2) is 6.00. The Kier molecular flexibility index (Phi) is 4.36. The minimum atomic E-state index is 0.410. The van der Waals surface area contributed by atoms with Gasteiger partial charge in [-0.3, -0.25) is 0 Å². The van der Waals surface area contributed by atoms with Gasteiger partial charge < -0.3 is 15.4 Å². The van der Waals surface area contributed by atoms with Gasteiger partial charge in [-0.25, -0.2) is 9.97 Å². The number of nitrogens with zero attached hydrogens (tertiary/aromatic N) is 2. The first-order chi connectivity index (χ1) is 8.69. The number of aryl methyl sites for hydroxylation is 1. The molecular weight excluding hydrogens is 228 g/mol. The summed E-state index contributed by atoms with van der Waals surface area (Å²) in [5.41, 5.74) is 0. The molecule has 0 amide bonds. The van der Waals surface area contributed by atoms with Crippen molar-refractivity contribution in [2.75, 3.05) is 30.9 Å². The minimum Gasteiger partial charge on any atom is -0.381 e. The molecule has 100 valence electrons. The van der Waals surface area contributed by atoms with Crippen LogP contribution < -0.4 is 10.6 Å². The van der Waals surface area contributed by atoms with E-state index >= 15 is 0 Å². The predicted octanol–water partition coefficient (Wildman–Crippen LogP) is 2.05. The van der Waals surface area contributed by atoms with Crippen molar-refractivity contribution >= 4 is 11.6 Å². The Morgan fingerprint density at radius 2 is 1.94 bits per heavy atom. The van der Waals surface area contributed by atoms with Crippen LogP contribution in [0.1, 0.15) is 25.6 Å². The number of aromatic nitrogens is 2. The second-order valence-electron chi connectivity index (χ2n) is 4.82. The first kappa shape index (κ1) is 13.1. The zero-order valence-electron chi connectivity index (χ0n) is 11.4. The van der Waals surface area contributed by atoms with E-state index in [-0.39, 0.29) is 0 Å². The lowest BCUT2D eigenvalue weighted by molar-refractivity contribution is 0.0622. The summed E-state index contributed by atoms with van der Waals surface area (Å²) in [5.74, 6) is 3.19. The van der Waals surface area contributed by atoms with Gasteiger partial charge in [0, 0.05) is 32.4 Å². The van der Waals surface area contributed by atoms with E-state index in [0.29, 0.717) is 12.0 Å². The summed E-state index contributed by atoms with van der Waals surface area (Å²) in [6, 6.07) is 2.36. The van der Waals surface area contributed by atoms with Gasteiger partial charge >= 0.3 is 0 Å². The van der Waals surface area contributed by atoms with Crippen LogP contribution in [0.25, 0.3) is 0 Å². The van der Waals surface area contributed by atoms with E-state index in [1.165, 1.54) is 0 Å². The fourth-order valence-electron chi connectivity index (χ4n) is 2.34. The van der Waals surface area contributed by atoms with Crippen LogP contribution in [0.15, 0.2) is 6.07 Å². The Morgan fingerprint density at radius 1 is 1.28 bits per heavy atom. The Morgan fingerprint density at radius 3 is 2.61 bits per heavy atom. The Hall–Kier alpha value is -1.36. The van der Waals surface area contributed by atoms with Gasteiger partial charge in [-0.2, -0.15) is 0 Å². The lowest BCUT2D eigenvalue weighted by Crippen LogP contribution is -2.31. The smallest absolute Gasteiger partial charge is 0.132 e. The summed E-state index contributed by atoms with van der Waals surface area (Å²) in [7, 11) is 1.87. The summed E-state index contributed by atoms with van der Waals surface area (Å²) < 4.78 is 5.39. The monoisotopic (exact) mass is 250 g/mol. The standard InChI is InChI=1S/C13H22N4O/c1-9(11-4-6-18-7-5-11)15-13-8-12(14-3)16-10(2)17-13/h8-9,11H,4-7H2,1-3H3,(H2,14,15,16,17). The fourth-order valence-corrected chi connectivity index (χ4v) is 2.34. The largest absolute Gasteiger partial charge is 0.381 e. The van der Waals surface area contributed by atoms with Gasteiger partial charge in [0.1, 0.15) is 17.5 Å².